The van der Waals surface area contributed by atoms with Gasteiger partial charge in [0.25, 0.3) is 0 Å². The van der Waals surface area contributed by atoms with Gasteiger partial charge < -0.3 is 9.88 Å². The smallest absolute Gasteiger partial charge is 0.396 e. The molecule has 0 aliphatic carbocycles. The van der Waals surface area contributed by atoms with Crippen LogP contribution in [0.25, 0.3) is 0 Å². The first-order valence-corrected chi connectivity index (χ1v) is 4.19. The zero-order valence-electron chi connectivity index (χ0n) is 8.26. The molecule has 1 unspecified atom stereocenters. The van der Waals surface area contributed by atoms with E-state index >= 15 is 0 Å². The van der Waals surface area contributed by atoms with E-state index in [1.54, 1.807) is 14.0 Å². The van der Waals surface area contributed by atoms with E-state index in [1.807, 2.05) is 0 Å². The van der Waals surface area contributed by atoms with Crippen molar-refractivity contribution in [2.75, 3.05) is 7.11 Å². The maximum Gasteiger partial charge on any atom is 0.396 e. The lowest BCUT2D eigenvalue weighted by Gasteiger charge is -2.16. The van der Waals surface area contributed by atoms with Crippen LogP contribution in [0.15, 0.2) is 0 Å². The normalized spacial score (nSPS) is 13.1. The first-order valence-electron chi connectivity index (χ1n) is 4.19. The summed E-state index contributed by atoms with van der Waals surface area (Å²) in [5, 5.41) is 2.90. The van der Waals surface area contributed by atoms with Crippen LogP contribution in [0, 0.1) is 5.92 Å². The molecule has 12 heavy (non-hydrogen) atoms. The van der Waals surface area contributed by atoms with Crippen LogP contribution < -0.4 is 5.23 Å². The second kappa shape index (κ2) is 6.20. The molecule has 0 rings (SSSR count). The quantitative estimate of drug-likeness (QED) is 0.598. The number of hydrogen-bond acceptors (Lipinski definition) is 3. The molecule has 0 saturated carbocycles. The lowest BCUT2D eigenvalue weighted by atomic mass is 9.98. The third-order valence-corrected chi connectivity index (χ3v) is 1.58. The van der Waals surface area contributed by atoms with E-state index in [4.69, 9.17) is 4.65 Å². The summed E-state index contributed by atoms with van der Waals surface area (Å²) in [5.41, 5.74) is 0. The summed E-state index contributed by atoms with van der Waals surface area (Å²) in [4.78, 5) is 11.0. The largest absolute Gasteiger partial charge is 0.427 e. The number of ketones is 1. The Morgan fingerprint density at radius 1 is 1.58 bits per heavy atom. The monoisotopic (exact) mass is 170 g/mol. The van der Waals surface area contributed by atoms with Gasteiger partial charge in [-0.3, -0.25) is 4.79 Å². The third-order valence-electron chi connectivity index (χ3n) is 1.58. The molecule has 1 N–H and O–H groups in total. The predicted octanol–water partition coefficient (Wildman–Crippen LogP) is 0.760. The molecule has 0 aromatic carbocycles. The Morgan fingerprint density at radius 2 is 2.17 bits per heavy atom. The molecule has 0 heterocycles. The van der Waals surface area contributed by atoms with Crippen LogP contribution in [0.3, 0.4) is 0 Å². The molecule has 1 radical (unpaired) electrons. The average Bonchev–Trinajstić information content (AvgIpc) is 1.96. The van der Waals surface area contributed by atoms with Crippen molar-refractivity contribution in [3.8, 4) is 0 Å². The third kappa shape index (κ3) is 5.32. The van der Waals surface area contributed by atoms with Crippen molar-refractivity contribution in [2.24, 2.45) is 5.92 Å². The Morgan fingerprint density at radius 3 is 2.50 bits per heavy atom. The molecule has 0 saturated heterocycles. The topological polar surface area (TPSA) is 38.3 Å². The highest BCUT2D eigenvalue weighted by Crippen LogP contribution is 2.04. The molecular formula is C8H17BNO2. The number of carbonyl (C=O) groups is 1. The second-order valence-electron chi connectivity index (χ2n) is 3.31. The van der Waals surface area contributed by atoms with E-state index in [0.29, 0.717) is 5.92 Å². The van der Waals surface area contributed by atoms with Crippen molar-refractivity contribution in [2.45, 2.75) is 33.2 Å². The molecule has 0 aromatic heterocycles. The fraction of sp³-hybridized carbons (Fsp3) is 0.875. The Balaban J connectivity index is 3.78. The standard InChI is InChI=1S/C8H17BNO2/c1-6(2)5-8(7(3)11)10-9-12-4/h6,8,10H,5H2,1-4H3. The fourth-order valence-corrected chi connectivity index (χ4v) is 0.973. The van der Waals surface area contributed by atoms with Crippen molar-refractivity contribution in [3.63, 3.8) is 0 Å². The molecule has 0 spiro atoms. The molecule has 3 nitrogen and oxygen atoms in total. The van der Waals surface area contributed by atoms with Crippen LogP contribution >= 0.6 is 0 Å². The second-order valence-corrected chi connectivity index (χ2v) is 3.31. The lowest BCUT2D eigenvalue weighted by Crippen LogP contribution is -2.39. The van der Waals surface area contributed by atoms with Crippen LogP contribution in [0.2, 0.25) is 0 Å². The van der Waals surface area contributed by atoms with Crippen LogP contribution in [0.4, 0.5) is 0 Å². The summed E-state index contributed by atoms with van der Waals surface area (Å²) in [5.74, 6) is 0.661. The Labute approximate surface area is 75.2 Å². The predicted molar refractivity (Wildman–Crippen MR) is 49.8 cm³/mol. The van der Waals surface area contributed by atoms with Crippen molar-refractivity contribution in [3.05, 3.63) is 0 Å². The maximum atomic E-state index is 11.0. The van der Waals surface area contributed by atoms with Gasteiger partial charge in [0, 0.05) is 7.11 Å². The number of carbonyl (C=O) groups excluding carboxylic acids is 1. The summed E-state index contributed by atoms with van der Waals surface area (Å²) in [6.07, 6.45) is 0.842. The summed E-state index contributed by atoms with van der Waals surface area (Å²) in [7, 11) is 3.01. The van der Waals surface area contributed by atoms with Gasteiger partial charge in [0.05, 0.1) is 6.04 Å². The average molecular weight is 170 g/mol. The van der Waals surface area contributed by atoms with Gasteiger partial charge in [0.15, 0.2) is 0 Å². The van der Waals surface area contributed by atoms with Gasteiger partial charge in [-0.15, -0.1) is 0 Å². The van der Waals surface area contributed by atoms with Gasteiger partial charge in [-0.25, -0.2) is 0 Å². The summed E-state index contributed by atoms with van der Waals surface area (Å²) >= 11 is 0. The first-order chi connectivity index (χ1) is 5.57. The Kier molecular flexibility index (Phi) is 6.02. The maximum absolute atomic E-state index is 11.0. The van der Waals surface area contributed by atoms with Gasteiger partial charge in [-0.2, -0.15) is 0 Å². The summed E-state index contributed by atoms with van der Waals surface area (Å²) in [6, 6.07) is -0.107. The zero-order chi connectivity index (χ0) is 9.56. The fourth-order valence-electron chi connectivity index (χ4n) is 0.973. The van der Waals surface area contributed by atoms with Crippen molar-refractivity contribution < 1.29 is 9.45 Å². The van der Waals surface area contributed by atoms with E-state index in [2.05, 4.69) is 19.1 Å². The number of Topliss-reactive ketones (excluding diaryl/α,β-unsaturated/α-hetero) is 1. The minimum absolute atomic E-state index is 0.107. The number of hydrogen-bond donors (Lipinski definition) is 1. The molecule has 1 atom stereocenters. The highest BCUT2D eigenvalue weighted by Gasteiger charge is 2.14. The van der Waals surface area contributed by atoms with Crippen LogP contribution in [-0.2, 0) is 9.45 Å². The molecule has 4 heteroatoms. The molecule has 0 aliphatic rings. The van der Waals surface area contributed by atoms with Gasteiger partial charge >= 0.3 is 7.62 Å². The molecule has 0 fully saturated rings. The Hall–Kier alpha value is -0.345. The Bertz CT molecular complexity index is 139. The highest BCUT2D eigenvalue weighted by molar-refractivity contribution is 6.24. The summed E-state index contributed by atoms with van der Waals surface area (Å²) in [6.45, 7) is 5.76. The van der Waals surface area contributed by atoms with E-state index in [9.17, 15) is 4.79 Å². The first kappa shape index (κ1) is 11.7. The SMILES string of the molecule is CO[B]NC(CC(C)C)C(C)=O. The molecule has 0 bridgehead atoms. The molecule has 0 aromatic rings. The van der Waals surface area contributed by atoms with Crippen molar-refractivity contribution in [1.29, 1.82) is 0 Å². The minimum Gasteiger partial charge on any atom is -0.427 e. The lowest BCUT2D eigenvalue weighted by molar-refractivity contribution is -0.118. The van der Waals surface area contributed by atoms with E-state index in [1.165, 1.54) is 7.62 Å². The number of nitrogens with one attached hydrogen (secondary N) is 1. The van der Waals surface area contributed by atoms with Gasteiger partial charge in [0.1, 0.15) is 5.78 Å². The molecule has 0 aliphatic heterocycles. The van der Waals surface area contributed by atoms with E-state index in [0.717, 1.165) is 6.42 Å². The van der Waals surface area contributed by atoms with Crippen molar-refractivity contribution in [1.82, 2.24) is 5.23 Å². The molecule has 69 valence electrons. The number of rotatable bonds is 6. The van der Waals surface area contributed by atoms with Gasteiger partial charge in [0.2, 0.25) is 0 Å². The van der Waals surface area contributed by atoms with Crippen molar-refractivity contribution >= 4 is 13.4 Å². The molecular weight excluding hydrogens is 153 g/mol. The van der Waals surface area contributed by atoms with Gasteiger partial charge in [-0.05, 0) is 19.3 Å². The molecule has 0 amide bonds. The van der Waals surface area contributed by atoms with E-state index < -0.39 is 0 Å². The van der Waals surface area contributed by atoms with Gasteiger partial charge in [-0.1, -0.05) is 13.8 Å². The summed E-state index contributed by atoms with van der Waals surface area (Å²) < 4.78 is 4.72. The minimum atomic E-state index is -0.107. The van der Waals surface area contributed by atoms with Crippen LogP contribution in [0.5, 0.6) is 0 Å². The van der Waals surface area contributed by atoms with Crippen LogP contribution in [0.1, 0.15) is 27.2 Å². The van der Waals surface area contributed by atoms with Crippen LogP contribution in [-0.4, -0.2) is 26.6 Å². The zero-order valence-corrected chi connectivity index (χ0v) is 8.26. The highest BCUT2D eigenvalue weighted by atomic mass is 16.4. The van der Waals surface area contributed by atoms with E-state index in [-0.39, 0.29) is 11.8 Å².